The number of hydrogen-bond donors (Lipinski definition) is 2. The van der Waals surface area contributed by atoms with Crippen LogP contribution in [-0.4, -0.2) is 30.4 Å². The van der Waals surface area contributed by atoms with Crippen LogP contribution in [-0.2, 0) is 4.79 Å². The second kappa shape index (κ2) is 5.57. The first kappa shape index (κ1) is 13.8. The van der Waals surface area contributed by atoms with Crippen molar-refractivity contribution >= 4 is 17.3 Å². The second-order valence-corrected chi connectivity index (χ2v) is 5.43. The molecule has 1 aliphatic heterocycles. The van der Waals surface area contributed by atoms with Crippen LogP contribution >= 0.6 is 0 Å². The smallest absolute Gasteiger partial charge is 0.238 e. The van der Waals surface area contributed by atoms with Gasteiger partial charge in [-0.1, -0.05) is 13.8 Å². The largest absolute Gasteiger partial charge is 0.397 e. The minimum absolute atomic E-state index is 0.111. The molecule has 2 rings (SSSR count). The van der Waals surface area contributed by atoms with Crippen molar-refractivity contribution in [1.29, 1.82) is 0 Å². The van der Waals surface area contributed by atoms with Crippen molar-refractivity contribution in [3.63, 3.8) is 0 Å². The van der Waals surface area contributed by atoms with Crippen LogP contribution in [0.2, 0.25) is 0 Å². The van der Waals surface area contributed by atoms with Gasteiger partial charge >= 0.3 is 0 Å². The summed E-state index contributed by atoms with van der Waals surface area (Å²) in [6.07, 6.45) is 0. The third-order valence-electron chi connectivity index (χ3n) is 3.72. The number of nitrogens with zero attached hydrogens (tertiary/aromatic N) is 1. The van der Waals surface area contributed by atoms with Crippen LogP contribution in [0, 0.1) is 17.7 Å². The van der Waals surface area contributed by atoms with Crippen molar-refractivity contribution in [2.75, 3.05) is 30.7 Å². The average Bonchev–Trinajstić information content (AvgIpc) is 2.62. The summed E-state index contributed by atoms with van der Waals surface area (Å²) in [5.41, 5.74) is 6.36. The molecular weight excluding hydrogens is 245 g/mol. The minimum atomic E-state index is -0.405. The summed E-state index contributed by atoms with van der Waals surface area (Å²) in [7, 11) is 0. The Bertz CT molecular complexity index is 468. The molecule has 0 spiro atoms. The number of nitrogen functional groups attached to an aromatic ring is 1. The van der Waals surface area contributed by atoms with E-state index >= 15 is 0 Å². The molecule has 19 heavy (non-hydrogen) atoms. The van der Waals surface area contributed by atoms with E-state index in [0.717, 1.165) is 13.1 Å². The van der Waals surface area contributed by atoms with Crippen molar-refractivity contribution in [3.05, 3.63) is 24.0 Å². The molecule has 1 amide bonds. The average molecular weight is 265 g/mol. The molecule has 0 aliphatic carbocycles. The summed E-state index contributed by atoms with van der Waals surface area (Å²) in [5.74, 6) is 0.713. The van der Waals surface area contributed by atoms with Crippen molar-refractivity contribution in [2.24, 2.45) is 11.8 Å². The van der Waals surface area contributed by atoms with Crippen LogP contribution in [0.5, 0.6) is 0 Å². The van der Waals surface area contributed by atoms with Crippen LogP contribution < -0.4 is 11.1 Å². The molecule has 0 aromatic heterocycles. The summed E-state index contributed by atoms with van der Waals surface area (Å²) in [6, 6.07) is 3.97. The molecule has 4 nitrogen and oxygen atoms in total. The maximum atomic E-state index is 12.9. The molecule has 2 atom stereocenters. The molecular formula is C14H20FN3O. The zero-order valence-electron chi connectivity index (χ0n) is 11.3. The first-order chi connectivity index (χ1) is 8.95. The summed E-state index contributed by atoms with van der Waals surface area (Å²) in [6.45, 7) is 6.62. The van der Waals surface area contributed by atoms with Crippen LogP contribution in [0.1, 0.15) is 13.8 Å². The maximum absolute atomic E-state index is 12.9. The van der Waals surface area contributed by atoms with Gasteiger partial charge in [0.1, 0.15) is 5.82 Å². The van der Waals surface area contributed by atoms with Gasteiger partial charge in [0.25, 0.3) is 0 Å². The lowest BCUT2D eigenvalue weighted by Gasteiger charge is -2.15. The fourth-order valence-electron chi connectivity index (χ4n) is 2.42. The summed E-state index contributed by atoms with van der Waals surface area (Å²) in [5, 5.41) is 2.72. The van der Waals surface area contributed by atoms with E-state index in [1.807, 2.05) is 0 Å². The summed E-state index contributed by atoms with van der Waals surface area (Å²) in [4.78, 5) is 14.0. The Morgan fingerprint density at radius 1 is 1.42 bits per heavy atom. The second-order valence-electron chi connectivity index (χ2n) is 5.43. The maximum Gasteiger partial charge on any atom is 0.238 e. The van der Waals surface area contributed by atoms with E-state index < -0.39 is 5.82 Å². The molecule has 104 valence electrons. The van der Waals surface area contributed by atoms with Crippen molar-refractivity contribution < 1.29 is 9.18 Å². The lowest BCUT2D eigenvalue weighted by molar-refractivity contribution is -0.117. The Morgan fingerprint density at radius 2 is 2.05 bits per heavy atom. The fraction of sp³-hybridized carbons (Fsp3) is 0.500. The highest BCUT2D eigenvalue weighted by atomic mass is 19.1. The third-order valence-corrected chi connectivity index (χ3v) is 3.72. The standard InChI is InChI=1S/C14H20FN3O/c1-9-6-18(7-10(9)2)8-14(19)17-13-4-3-11(15)5-12(13)16/h3-5,9-10H,6-8,16H2,1-2H3,(H,17,19). The van der Waals surface area contributed by atoms with Crippen LogP contribution in [0.4, 0.5) is 15.8 Å². The number of likely N-dealkylation sites (tertiary alicyclic amines) is 1. The van der Waals surface area contributed by atoms with E-state index in [2.05, 4.69) is 24.1 Å². The van der Waals surface area contributed by atoms with Crippen molar-refractivity contribution in [2.45, 2.75) is 13.8 Å². The number of nitrogens with one attached hydrogen (secondary N) is 1. The Labute approximate surface area is 112 Å². The molecule has 2 unspecified atom stereocenters. The Balaban J connectivity index is 1.91. The quantitative estimate of drug-likeness (QED) is 0.821. The van der Waals surface area contributed by atoms with Gasteiger partial charge in [0.05, 0.1) is 17.9 Å². The van der Waals surface area contributed by atoms with E-state index in [0.29, 0.717) is 24.1 Å². The number of amides is 1. The molecule has 1 fully saturated rings. The van der Waals surface area contributed by atoms with Gasteiger partial charge in [-0.05, 0) is 30.0 Å². The first-order valence-electron chi connectivity index (χ1n) is 6.53. The molecule has 0 saturated carbocycles. The highest BCUT2D eigenvalue weighted by Crippen LogP contribution is 2.22. The van der Waals surface area contributed by atoms with Gasteiger partial charge in [-0.25, -0.2) is 4.39 Å². The SMILES string of the molecule is CC1CN(CC(=O)Nc2ccc(F)cc2N)CC1C. The van der Waals surface area contributed by atoms with E-state index in [-0.39, 0.29) is 11.6 Å². The monoisotopic (exact) mass is 265 g/mol. The molecule has 0 radical (unpaired) electrons. The predicted molar refractivity (Wildman–Crippen MR) is 74.2 cm³/mol. The normalized spacial score (nSPS) is 23.5. The van der Waals surface area contributed by atoms with E-state index in [1.54, 1.807) is 0 Å². The highest BCUT2D eigenvalue weighted by Gasteiger charge is 2.27. The highest BCUT2D eigenvalue weighted by molar-refractivity contribution is 5.95. The summed E-state index contributed by atoms with van der Waals surface area (Å²) < 4.78 is 12.9. The van der Waals surface area contributed by atoms with Gasteiger partial charge in [-0.15, -0.1) is 0 Å². The Kier molecular flexibility index (Phi) is 4.04. The third kappa shape index (κ3) is 3.44. The fourth-order valence-corrected chi connectivity index (χ4v) is 2.42. The molecule has 3 N–H and O–H groups in total. The van der Waals surface area contributed by atoms with Gasteiger partial charge in [0.15, 0.2) is 0 Å². The minimum Gasteiger partial charge on any atom is -0.397 e. The lowest BCUT2D eigenvalue weighted by Crippen LogP contribution is -2.31. The Hall–Kier alpha value is -1.62. The van der Waals surface area contributed by atoms with Gasteiger partial charge in [0.2, 0.25) is 5.91 Å². The topological polar surface area (TPSA) is 58.4 Å². The number of carbonyl (C=O) groups is 1. The van der Waals surface area contributed by atoms with Crippen molar-refractivity contribution in [3.8, 4) is 0 Å². The Morgan fingerprint density at radius 3 is 2.63 bits per heavy atom. The molecule has 1 aromatic carbocycles. The molecule has 1 heterocycles. The van der Waals surface area contributed by atoms with Gasteiger partial charge < -0.3 is 11.1 Å². The van der Waals surface area contributed by atoms with E-state index in [9.17, 15) is 9.18 Å². The van der Waals surface area contributed by atoms with Crippen LogP contribution in [0.3, 0.4) is 0 Å². The summed E-state index contributed by atoms with van der Waals surface area (Å²) >= 11 is 0. The van der Waals surface area contributed by atoms with Gasteiger partial charge in [-0.2, -0.15) is 0 Å². The molecule has 1 aromatic rings. The lowest BCUT2D eigenvalue weighted by atomic mass is 10.0. The predicted octanol–water partition coefficient (Wildman–Crippen LogP) is 1.93. The molecule has 5 heteroatoms. The molecule has 1 aliphatic rings. The van der Waals surface area contributed by atoms with E-state index in [4.69, 9.17) is 5.73 Å². The van der Waals surface area contributed by atoms with Gasteiger partial charge in [-0.3, -0.25) is 9.69 Å². The zero-order valence-corrected chi connectivity index (χ0v) is 11.3. The number of halogens is 1. The molecule has 0 bridgehead atoms. The number of benzene rings is 1. The molecule has 1 saturated heterocycles. The number of carbonyl (C=O) groups excluding carboxylic acids is 1. The van der Waals surface area contributed by atoms with E-state index in [1.165, 1.54) is 18.2 Å². The van der Waals surface area contributed by atoms with Crippen LogP contribution in [0.25, 0.3) is 0 Å². The number of anilines is 2. The number of nitrogens with two attached hydrogens (primary N) is 1. The van der Waals surface area contributed by atoms with Crippen LogP contribution in [0.15, 0.2) is 18.2 Å². The first-order valence-corrected chi connectivity index (χ1v) is 6.53. The number of rotatable bonds is 3. The van der Waals surface area contributed by atoms with Gasteiger partial charge in [0, 0.05) is 13.1 Å². The van der Waals surface area contributed by atoms with Crippen molar-refractivity contribution in [1.82, 2.24) is 4.90 Å². The number of hydrogen-bond acceptors (Lipinski definition) is 3. The zero-order chi connectivity index (χ0) is 14.0.